The van der Waals surface area contributed by atoms with Crippen molar-refractivity contribution in [2.75, 3.05) is 37.0 Å². The van der Waals surface area contributed by atoms with E-state index in [9.17, 15) is 18.0 Å². The van der Waals surface area contributed by atoms with Gasteiger partial charge < -0.3 is 25.0 Å². The molecule has 10 nitrogen and oxygen atoms in total. The maximum atomic E-state index is 12.4. The molecule has 0 spiro atoms. The zero-order valence-electron chi connectivity index (χ0n) is 22.0. The van der Waals surface area contributed by atoms with E-state index >= 15 is 0 Å². The van der Waals surface area contributed by atoms with Gasteiger partial charge in [-0.25, -0.2) is 9.48 Å². The van der Waals surface area contributed by atoms with Gasteiger partial charge in [-0.2, -0.15) is 4.98 Å². The smallest absolute Gasteiger partial charge is 0.497 e. The van der Waals surface area contributed by atoms with Gasteiger partial charge in [-0.05, 0) is 92.4 Å². The molecule has 1 aliphatic rings. The second-order valence-electron chi connectivity index (χ2n) is 9.27. The molecule has 3 N–H and O–H groups in total. The minimum atomic E-state index is -4.74. The average Bonchev–Trinajstić information content (AvgIpc) is 3.40. The first kappa shape index (κ1) is 28.9. The van der Waals surface area contributed by atoms with Crippen molar-refractivity contribution in [1.29, 1.82) is 0 Å². The zero-order valence-corrected chi connectivity index (χ0v) is 22.8. The Bertz CT molecular complexity index is 1310. The molecule has 2 aromatic carbocycles. The molecule has 4 rings (SSSR count). The van der Waals surface area contributed by atoms with Crippen molar-refractivity contribution < 1.29 is 27.4 Å². The lowest BCUT2D eigenvalue weighted by molar-refractivity contribution is -0.274. The largest absolute Gasteiger partial charge is 0.573 e. The number of carbonyl (C=O) groups excluding carboxylic acids is 1. The summed E-state index contributed by atoms with van der Waals surface area (Å²) in [6, 6.07) is 10.6. The molecule has 40 heavy (non-hydrogen) atoms. The predicted octanol–water partition coefficient (Wildman–Crippen LogP) is 4.79. The molecule has 0 aliphatic carbocycles. The molecule has 14 heteroatoms. The second-order valence-corrected chi connectivity index (χ2v) is 9.67. The van der Waals surface area contributed by atoms with Crippen LogP contribution < -0.4 is 30.3 Å². The van der Waals surface area contributed by atoms with Crippen LogP contribution in [-0.4, -0.2) is 59.0 Å². The SMILES string of the molecule is COc1ccc(NC(=S)NC(=O)NCCC2CCN(c3ncn(-c4ccc(OC(F)(F)F)cc4)n3)CC2)c(C)c1. The first-order chi connectivity index (χ1) is 19.1. The van der Waals surface area contributed by atoms with Crippen LogP contribution in [0, 0.1) is 12.8 Å². The van der Waals surface area contributed by atoms with E-state index in [0.29, 0.717) is 24.1 Å². The summed E-state index contributed by atoms with van der Waals surface area (Å²) in [6.45, 7) is 3.95. The minimum absolute atomic E-state index is 0.205. The monoisotopic (exact) mass is 577 g/mol. The van der Waals surface area contributed by atoms with Crippen molar-refractivity contribution >= 4 is 35.0 Å². The van der Waals surface area contributed by atoms with Gasteiger partial charge in [-0.15, -0.1) is 18.3 Å². The molecule has 2 heterocycles. The molecule has 1 aliphatic heterocycles. The number of anilines is 2. The molecule has 0 bridgehead atoms. The summed E-state index contributed by atoms with van der Waals surface area (Å²) in [5.74, 6) is 1.43. The maximum Gasteiger partial charge on any atom is 0.573 e. The van der Waals surface area contributed by atoms with Gasteiger partial charge in [0, 0.05) is 25.3 Å². The van der Waals surface area contributed by atoms with Crippen LogP contribution in [-0.2, 0) is 0 Å². The van der Waals surface area contributed by atoms with Crippen LogP contribution in [0.5, 0.6) is 11.5 Å². The molecule has 0 radical (unpaired) electrons. The number of piperidine rings is 1. The van der Waals surface area contributed by atoms with Crippen LogP contribution in [0.15, 0.2) is 48.8 Å². The van der Waals surface area contributed by atoms with Crippen LogP contribution in [0.4, 0.5) is 29.6 Å². The van der Waals surface area contributed by atoms with Crippen molar-refractivity contribution in [1.82, 2.24) is 25.4 Å². The fourth-order valence-electron chi connectivity index (χ4n) is 4.34. The molecule has 1 aromatic heterocycles. The average molecular weight is 578 g/mol. The van der Waals surface area contributed by atoms with E-state index in [4.69, 9.17) is 17.0 Å². The second kappa shape index (κ2) is 12.9. The van der Waals surface area contributed by atoms with E-state index < -0.39 is 6.36 Å². The number of nitrogens with zero attached hydrogens (tertiary/aromatic N) is 4. The number of halogens is 3. The van der Waals surface area contributed by atoms with Gasteiger partial charge in [0.05, 0.1) is 12.8 Å². The van der Waals surface area contributed by atoms with Crippen LogP contribution in [0.25, 0.3) is 5.69 Å². The van der Waals surface area contributed by atoms with Crippen molar-refractivity contribution in [3.8, 4) is 17.2 Å². The lowest BCUT2D eigenvalue weighted by Crippen LogP contribution is -2.42. The van der Waals surface area contributed by atoms with Crippen molar-refractivity contribution in [2.45, 2.75) is 32.5 Å². The van der Waals surface area contributed by atoms with E-state index in [1.807, 2.05) is 25.1 Å². The number of thiocarbonyl (C=S) groups is 1. The summed E-state index contributed by atoms with van der Waals surface area (Å²) in [6.07, 6.45) is -0.554. The number of methoxy groups -OCH3 is 1. The quantitative estimate of drug-likeness (QED) is 0.329. The summed E-state index contributed by atoms with van der Waals surface area (Å²) in [5.41, 5.74) is 2.29. The Morgan fingerprint density at radius 3 is 2.48 bits per heavy atom. The van der Waals surface area contributed by atoms with Crippen molar-refractivity contribution in [2.24, 2.45) is 5.92 Å². The zero-order chi connectivity index (χ0) is 28.7. The molecule has 214 valence electrons. The van der Waals surface area contributed by atoms with Gasteiger partial charge in [-0.1, -0.05) is 0 Å². The van der Waals surface area contributed by atoms with Crippen LogP contribution >= 0.6 is 12.2 Å². The fourth-order valence-corrected chi connectivity index (χ4v) is 4.54. The first-order valence-corrected chi connectivity index (χ1v) is 13.0. The van der Waals surface area contributed by atoms with Crippen molar-refractivity contribution in [3.63, 3.8) is 0 Å². The molecule has 2 amide bonds. The van der Waals surface area contributed by atoms with Crippen LogP contribution in [0.1, 0.15) is 24.8 Å². The third-order valence-electron chi connectivity index (χ3n) is 6.46. The number of aromatic nitrogens is 3. The number of aryl methyl sites for hydroxylation is 1. The summed E-state index contributed by atoms with van der Waals surface area (Å²) < 4.78 is 47.7. The normalized spacial score (nSPS) is 14.0. The lowest BCUT2D eigenvalue weighted by atomic mass is 9.94. The molecule has 0 atom stereocenters. The van der Waals surface area contributed by atoms with Gasteiger partial charge >= 0.3 is 12.4 Å². The Kier molecular flexibility index (Phi) is 9.30. The minimum Gasteiger partial charge on any atom is -0.497 e. The first-order valence-electron chi connectivity index (χ1n) is 12.6. The number of benzene rings is 2. The van der Waals surface area contributed by atoms with E-state index in [1.54, 1.807) is 7.11 Å². The number of alkyl halides is 3. The summed E-state index contributed by atoms with van der Waals surface area (Å²) in [7, 11) is 1.60. The number of amides is 2. The Hall–Kier alpha value is -4.07. The standard InChI is InChI=1S/C26H30F3N7O3S/c1-17-15-21(38-2)7-8-22(17)32-25(40)33-24(37)30-12-9-18-10-13-35(14-11-18)23-31-16-36(34-23)19-3-5-20(6-4-19)39-26(27,28)29/h3-8,15-16,18H,9-14H2,1-2H3,(H3,30,32,33,37,40). The van der Waals surface area contributed by atoms with Crippen molar-refractivity contribution in [3.05, 3.63) is 54.4 Å². The summed E-state index contributed by atoms with van der Waals surface area (Å²) in [5, 5.41) is 13.2. The topological polar surface area (TPSA) is 106 Å². The molecule has 0 saturated carbocycles. The van der Waals surface area contributed by atoms with Gasteiger partial charge in [0.1, 0.15) is 17.8 Å². The highest BCUT2D eigenvalue weighted by molar-refractivity contribution is 7.80. The Morgan fingerprint density at radius 1 is 1.12 bits per heavy atom. The van der Waals surface area contributed by atoms with Gasteiger partial charge in [0.25, 0.3) is 0 Å². The van der Waals surface area contributed by atoms with E-state index in [2.05, 4.69) is 35.7 Å². The highest BCUT2D eigenvalue weighted by Crippen LogP contribution is 2.25. The van der Waals surface area contributed by atoms with Gasteiger partial charge in [0.2, 0.25) is 5.95 Å². The van der Waals surface area contributed by atoms with Crippen LogP contribution in [0.3, 0.4) is 0 Å². The molecule has 3 aromatic rings. The van der Waals surface area contributed by atoms with E-state index in [0.717, 1.165) is 49.4 Å². The lowest BCUT2D eigenvalue weighted by Gasteiger charge is -2.31. The number of hydrogen-bond acceptors (Lipinski definition) is 7. The Labute approximate surface area is 234 Å². The summed E-state index contributed by atoms with van der Waals surface area (Å²) in [4.78, 5) is 18.7. The molecule has 0 unspecified atom stereocenters. The predicted molar refractivity (Wildman–Crippen MR) is 148 cm³/mol. The third kappa shape index (κ3) is 8.21. The molecule has 1 saturated heterocycles. The van der Waals surface area contributed by atoms with E-state index in [-0.39, 0.29) is 16.9 Å². The highest BCUT2D eigenvalue weighted by Gasteiger charge is 2.31. The Morgan fingerprint density at radius 2 is 1.82 bits per heavy atom. The number of ether oxygens (including phenoxy) is 2. The number of nitrogens with one attached hydrogen (secondary N) is 3. The maximum absolute atomic E-state index is 12.4. The number of carbonyl (C=O) groups is 1. The van der Waals surface area contributed by atoms with Gasteiger partial charge in [0.15, 0.2) is 5.11 Å². The highest BCUT2D eigenvalue weighted by atomic mass is 32.1. The Balaban J connectivity index is 1.16. The molecular formula is C26H30F3N7O3S. The molecule has 1 fully saturated rings. The van der Waals surface area contributed by atoms with E-state index in [1.165, 1.54) is 35.3 Å². The van der Waals surface area contributed by atoms with Crippen LogP contribution in [0.2, 0.25) is 0 Å². The fraction of sp³-hybridized carbons (Fsp3) is 0.385. The number of rotatable bonds is 8. The third-order valence-corrected chi connectivity index (χ3v) is 6.66. The van der Waals surface area contributed by atoms with Gasteiger partial charge in [-0.3, -0.25) is 5.32 Å². The number of urea groups is 1. The molecular weight excluding hydrogens is 547 g/mol. The summed E-state index contributed by atoms with van der Waals surface area (Å²) >= 11 is 5.25. The number of hydrogen-bond donors (Lipinski definition) is 3.